The Kier molecular flexibility index (Phi) is 6.91. The second-order valence-corrected chi connectivity index (χ2v) is 5.07. The molecule has 0 heterocycles. The molecule has 0 aliphatic rings. The van der Waals surface area contributed by atoms with Crippen LogP contribution in [-0.2, 0) is 16.0 Å². The molecule has 0 aliphatic carbocycles. The van der Waals surface area contributed by atoms with Crippen molar-refractivity contribution in [1.82, 2.24) is 0 Å². The topological polar surface area (TPSA) is 127 Å². The summed E-state index contributed by atoms with van der Waals surface area (Å²) in [7, 11) is 0. The first kappa shape index (κ1) is 19.1. The van der Waals surface area contributed by atoms with Crippen LogP contribution in [0.2, 0.25) is 0 Å². The lowest BCUT2D eigenvalue weighted by Gasteiger charge is -2.13. The number of rotatable bonds is 9. The van der Waals surface area contributed by atoms with Crippen LogP contribution in [0.4, 0.5) is 5.69 Å². The number of carbonyl (C=O) groups is 2. The molecule has 0 aliphatic heterocycles. The van der Waals surface area contributed by atoms with Gasteiger partial charge in [-0.2, -0.15) is 0 Å². The predicted octanol–water partition coefficient (Wildman–Crippen LogP) is 3.15. The molecule has 130 valence electrons. The number of aryl methyl sites for hydroxylation is 1. The Morgan fingerprint density at radius 2 is 1.83 bits per heavy atom. The molecule has 8 nitrogen and oxygen atoms in total. The van der Waals surface area contributed by atoms with Gasteiger partial charge in [-0.05, 0) is 18.9 Å². The summed E-state index contributed by atoms with van der Waals surface area (Å²) < 4.78 is 5.35. The van der Waals surface area contributed by atoms with E-state index in [1.165, 1.54) is 18.2 Å². The van der Waals surface area contributed by atoms with Crippen LogP contribution in [0.3, 0.4) is 0 Å². The van der Waals surface area contributed by atoms with Crippen LogP contribution in [0.5, 0.6) is 5.75 Å². The summed E-state index contributed by atoms with van der Waals surface area (Å²) in [6.07, 6.45) is 1.56. The number of nitrogens with zero attached hydrogens (tertiary/aromatic N) is 1. The number of nitro groups is 1. The van der Waals surface area contributed by atoms with E-state index in [0.29, 0.717) is 24.8 Å². The molecule has 1 aromatic carbocycles. The maximum absolute atomic E-state index is 11.4. The molecule has 0 aromatic heterocycles. The molecule has 0 bridgehead atoms. The Balaban J connectivity index is 3.37. The third-order valence-electron chi connectivity index (χ3n) is 3.21. The predicted molar refractivity (Wildman–Crippen MR) is 84.9 cm³/mol. The van der Waals surface area contributed by atoms with E-state index in [1.807, 2.05) is 6.92 Å². The Bertz CT molecular complexity index is 679. The number of benzene rings is 1. The van der Waals surface area contributed by atoms with Gasteiger partial charge in [-0.25, -0.2) is 9.59 Å². The number of carboxylic acid groups (broad SMARTS) is 2. The number of carboxylic acids is 2. The van der Waals surface area contributed by atoms with Crippen molar-refractivity contribution in [2.24, 2.45) is 0 Å². The number of aliphatic carboxylic acids is 2. The summed E-state index contributed by atoms with van der Waals surface area (Å²) in [5, 5.41) is 29.4. The van der Waals surface area contributed by atoms with Gasteiger partial charge in [0, 0.05) is 17.7 Å². The molecule has 0 radical (unpaired) electrons. The number of hydrogen-bond acceptors (Lipinski definition) is 5. The normalized spacial score (nSPS) is 11.6. The summed E-state index contributed by atoms with van der Waals surface area (Å²) in [5.41, 5.74) is -0.0313. The molecule has 0 fully saturated rings. The highest BCUT2D eigenvalue weighted by atomic mass is 16.6. The minimum absolute atomic E-state index is 0.0348. The quantitative estimate of drug-likeness (QED) is 0.306. The number of hydrogen-bond donors (Lipinski definition) is 2. The lowest BCUT2D eigenvalue weighted by Crippen LogP contribution is -2.17. The van der Waals surface area contributed by atoms with Crippen molar-refractivity contribution in [2.75, 3.05) is 0 Å². The average molecular weight is 337 g/mol. The molecular weight excluding hydrogens is 318 g/mol. The highest BCUT2D eigenvalue weighted by molar-refractivity contribution is 5.97. The summed E-state index contributed by atoms with van der Waals surface area (Å²) in [6.45, 7) is 3.58. The average Bonchev–Trinajstić information content (AvgIpc) is 2.51. The minimum Gasteiger partial charge on any atom is -0.478 e. The molecule has 8 heteroatoms. The van der Waals surface area contributed by atoms with Crippen molar-refractivity contribution in [1.29, 1.82) is 0 Å². The standard InChI is InChI=1S/C16H19NO7/c1-3-5-10-9-11(17(22)23)7-8-13(10)24-14(16(20)21)12(6-4-2)15(18)19/h7-9H,3-6H2,1-2H3,(H,18,19)(H,20,21). The molecular formula is C16H19NO7. The van der Waals surface area contributed by atoms with Gasteiger partial charge in [0.2, 0.25) is 5.76 Å². The maximum Gasteiger partial charge on any atom is 0.372 e. The largest absolute Gasteiger partial charge is 0.478 e. The van der Waals surface area contributed by atoms with Gasteiger partial charge in [-0.3, -0.25) is 10.1 Å². The van der Waals surface area contributed by atoms with Gasteiger partial charge in [0.1, 0.15) is 5.75 Å². The summed E-state index contributed by atoms with van der Waals surface area (Å²) in [4.78, 5) is 33.0. The Morgan fingerprint density at radius 3 is 2.29 bits per heavy atom. The van der Waals surface area contributed by atoms with Gasteiger partial charge in [0.25, 0.3) is 5.69 Å². The third-order valence-corrected chi connectivity index (χ3v) is 3.21. The summed E-state index contributed by atoms with van der Waals surface area (Å²) >= 11 is 0. The van der Waals surface area contributed by atoms with Crippen LogP contribution in [-0.4, -0.2) is 27.1 Å². The summed E-state index contributed by atoms with van der Waals surface area (Å²) in [5.74, 6) is -3.43. The molecule has 0 atom stereocenters. The van der Waals surface area contributed by atoms with Gasteiger partial charge in [-0.15, -0.1) is 0 Å². The van der Waals surface area contributed by atoms with Crippen LogP contribution in [0.15, 0.2) is 29.5 Å². The van der Waals surface area contributed by atoms with E-state index in [9.17, 15) is 29.9 Å². The molecule has 0 unspecified atom stereocenters. The highest BCUT2D eigenvalue weighted by Gasteiger charge is 2.23. The van der Waals surface area contributed by atoms with E-state index in [-0.39, 0.29) is 23.4 Å². The zero-order valence-corrected chi connectivity index (χ0v) is 13.4. The monoisotopic (exact) mass is 337 g/mol. The van der Waals surface area contributed by atoms with E-state index in [1.54, 1.807) is 6.92 Å². The lowest BCUT2D eigenvalue weighted by atomic mass is 10.1. The fourth-order valence-electron chi connectivity index (χ4n) is 2.16. The van der Waals surface area contributed by atoms with Crippen molar-refractivity contribution in [2.45, 2.75) is 39.5 Å². The molecule has 0 amide bonds. The first-order chi connectivity index (χ1) is 11.3. The van der Waals surface area contributed by atoms with E-state index in [4.69, 9.17) is 4.74 Å². The van der Waals surface area contributed by atoms with Gasteiger partial charge < -0.3 is 14.9 Å². The SMILES string of the molecule is CCCC(C(=O)O)=C(Oc1ccc([N+](=O)[O-])cc1CCC)C(=O)O. The van der Waals surface area contributed by atoms with E-state index in [0.717, 1.165) is 0 Å². The van der Waals surface area contributed by atoms with Crippen LogP contribution in [0.25, 0.3) is 0 Å². The fourth-order valence-corrected chi connectivity index (χ4v) is 2.16. The molecule has 1 rings (SSSR count). The number of non-ortho nitro benzene ring substituents is 1. The molecule has 2 N–H and O–H groups in total. The zero-order valence-electron chi connectivity index (χ0n) is 13.4. The fraction of sp³-hybridized carbons (Fsp3) is 0.375. The molecule has 24 heavy (non-hydrogen) atoms. The third kappa shape index (κ3) is 4.80. The van der Waals surface area contributed by atoms with Gasteiger partial charge in [0.05, 0.1) is 10.5 Å². The van der Waals surface area contributed by atoms with Crippen LogP contribution < -0.4 is 4.74 Å². The minimum atomic E-state index is -1.50. The maximum atomic E-state index is 11.4. The van der Waals surface area contributed by atoms with Crippen molar-refractivity contribution < 1.29 is 29.5 Å². The van der Waals surface area contributed by atoms with Crippen molar-refractivity contribution in [3.8, 4) is 5.75 Å². The molecule has 0 saturated heterocycles. The first-order valence-corrected chi connectivity index (χ1v) is 7.46. The smallest absolute Gasteiger partial charge is 0.372 e. The zero-order chi connectivity index (χ0) is 18.3. The molecule has 1 aromatic rings. The summed E-state index contributed by atoms with van der Waals surface area (Å²) in [6, 6.07) is 3.78. The van der Waals surface area contributed by atoms with Crippen LogP contribution in [0.1, 0.15) is 38.7 Å². The Hall–Kier alpha value is -2.90. The Morgan fingerprint density at radius 1 is 1.17 bits per heavy atom. The lowest BCUT2D eigenvalue weighted by molar-refractivity contribution is -0.384. The van der Waals surface area contributed by atoms with Gasteiger partial charge >= 0.3 is 11.9 Å². The molecule has 0 spiro atoms. The van der Waals surface area contributed by atoms with E-state index < -0.39 is 22.6 Å². The Labute approximate surface area is 138 Å². The van der Waals surface area contributed by atoms with Crippen molar-refractivity contribution in [3.63, 3.8) is 0 Å². The second kappa shape index (κ2) is 8.66. The van der Waals surface area contributed by atoms with E-state index >= 15 is 0 Å². The van der Waals surface area contributed by atoms with Crippen molar-refractivity contribution in [3.05, 3.63) is 45.2 Å². The van der Waals surface area contributed by atoms with Crippen LogP contribution >= 0.6 is 0 Å². The van der Waals surface area contributed by atoms with Gasteiger partial charge in [0.15, 0.2) is 0 Å². The molecule has 0 saturated carbocycles. The van der Waals surface area contributed by atoms with Crippen molar-refractivity contribution >= 4 is 17.6 Å². The first-order valence-electron chi connectivity index (χ1n) is 7.46. The van der Waals surface area contributed by atoms with Gasteiger partial charge in [-0.1, -0.05) is 26.7 Å². The highest BCUT2D eigenvalue weighted by Crippen LogP contribution is 2.28. The number of ether oxygens (including phenoxy) is 1. The van der Waals surface area contributed by atoms with E-state index in [2.05, 4.69) is 0 Å². The number of nitro benzene ring substituents is 1. The second-order valence-electron chi connectivity index (χ2n) is 5.07. The van der Waals surface area contributed by atoms with Crippen LogP contribution in [0, 0.1) is 10.1 Å².